The third-order valence-corrected chi connectivity index (χ3v) is 4.93. The quantitative estimate of drug-likeness (QED) is 0.699. The van der Waals surface area contributed by atoms with Crippen molar-refractivity contribution in [2.45, 2.75) is 64.1 Å². The van der Waals surface area contributed by atoms with Crippen molar-refractivity contribution in [1.82, 2.24) is 25.5 Å². The molecule has 2 fully saturated rings. The molecule has 136 valence electrons. The summed E-state index contributed by atoms with van der Waals surface area (Å²) in [5.74, 6) is 0.260. The van der Waals surface area contributed by atoms with Gasteiger partial charge in [-0.2, -0.15) is 0 Å². The number of aromatic nitrogens is 2. The van der Waals surface area contributed by atoms with Crippen LogP contribution in [-0.2, 0) is 20.8 Å². The summed E-state index contributed by atoms with van der Waals surface area (Å²) in [6.07, 6.45) is 4.86. The zero-order valence-electron chi connectivity index (χ0n) is 14.7. The molecule has 3 rings (SSSR count). The highest BCUT2D eigenvalue weighted by molar-refractivity contribution is 5.94. The second-order valence-electron chi connectivity index (χ2n) is 6.92. The van der Waals surface area contributed by atoms with Crippen LogP contribution in [0.1, 0.15) is 44.1 Å². The lowest BCUT2D eigenvalue weighted by atomic mass is 10.1. The first-order valence-corrected chi connectivity index (χ1v) is 8.85. The van der Waals surface area contributed by atoms with Gasteiger partial charge in [-0.15, -0.1) is 0 Å². The number of carbonyl (C=O) groups excluding carboxylic acids is 3. The Morgan fingerprint density at radius 2 is 2.24 bits per heavy atom. The van der Waals surface area contributed by atoms with Gasteiger partial charge in [0.15, 0.2) is 0 Å². The molecular weight excluding hydrogens is 322 g/mol. The number of hydrogen-bond acceptors (Lipinski definition) is 4. The van der Waals surface area contributed by atoms with Gasteiger partial charge in [0.1, 0.15) is 17.9 Å². The minimum atomic E-state index is -0.673. The highest BCUT2D eigenvalue weighted by Crippen LogP contribution is 2.19. The Bertz CT molecular complexity index is 671. The molecule has 0 radical (unpaired) electrons. The average Bonchev–Trinajstić information content (AvgIpc) is 3.28. The van der Waals surface area contributed by atoms with Gasteiger partial charge >= 0.3 is 0 Å². The van der Waals surface area contributed by atoms with Gasteiger partial charge in [0.05, 0.1) is 5.69 Å². The molecule has 25 heavy (non-hydrogen) atoms. The fourth-order valence-corrected chi connectivity index (χ4v) is 3.53. The monoisotopic (exact) mass is 347 g/mol. The summed E-state index contributed by atoms with van der Waals surface area (Å²) in [6.45, 7) is 4.58. The molecule has 3 heterocycles. The Balaban J connectivity index is 1.72. The summed E-state index contributed by atoms with van der Waals surface area (Å²) in [4.78, 5) is 46.0. The van der Waals surface area contributed by atoms with Gasteiger partial charge in [0.2, 0.25) is 17.7 Å². The molecule has 0 aliphatic carbocycles. The lowest BCUT2D eigenvalue weighted by Gasteiger charge is -2.28. The smallest absolute Gasteiger partial charge is 0.245 e. The van der Waals surface area contributed by atoms with Gasteiger partial charge in [0.25, 0.3) is 0 Å². The Labute approximate surface area is 146 Å². The van der Waals surface area contributed by atoms with Crippen molar-refractivity contribution in [2.24, 2.45) is 0 Å². The number of amides is 3. The first-order valence-electron chi connectivity index (χ1n) is 8.85. The van der Waals surface area contributed by atoms with Gasteiger partial charge in [-0.05, 0) is 33.1 Å². The molecule has 0 aromatic carbocycles. The van der Waals surface area contributed by atoms with Crippen LogP contribution in [0, 0.1) is 6.92 Å². The number of nitrogens with one attached hydrogen (secondary N) is 3. The fourth-order valence-electron chi connectivity index (χ4n) is 3.53. The van der Waals surface area contributed by atoms with Crippen molar-refractivity contribution in [3.05, 3.63) is 17.7 Å². The standard InChI is InChI=1S/C17H25N5O3/c1-10-4-3-7-22(10)17(25)14(8-12-9-18-11(2)19-12)21-16(24)13-5-6-15(23)20-13/h9-10,13-14H,3-8H2,1-2H3,(H,18,19)(H,20,23)(H,21,24). The Hall–Kier alpha value is -2.38. The zero-order valence-corrected chi connectivity index (χ0v) is 14.7. The minimum Gasteiger partial charge on any atom is -0.349 e. The zero-order chi connectivity index (χ0) is 18.0. The molecular formula is C17H25N5O3. The second kappa shape index (κ2) is 7.25. The van der Waals surface area contributed by atoms with Gasteiger partial charge in [-0.3, -0.25) is 14.4 Å². The van der Waals surface area contributed by atoms with Gasteiger partial charge in [-0.1, -0.05) is 0 Å². The maximum Gasteiger partial charge on any atom is 0.245 e. The van der Waals surface area contributed by atoms with Crippen molar-refractivity contribution < 1.29 is 14.4 Å². The van der Waals surface area contributed by atoms with Crippen molar-refractivity contribution in [3.63, 3.8) is 0 Å². The molecule has 2 aliphatic heterocycles. The van der Waals surface area contributed by atoms with E-state index in [2.05, 4.69) is 20.6 Å². The highest BCUT2D eigenvalue weighted by atomic mass is 16.2. The SMILES string of the molecule is Cc1nc(CC(NC(=O)C2CCC(=O)N2)C(=O)N2CCCC2C)c[nH]1. The molecule has 0 bridgehead atoms. The first-order chi connectivity index (χ1) is 11.9. The normalized spacial score (nSPS) is 24.2. The van der Waals surface area contributed by atoms with Gasteiger partial charge in [-0.25, -0.2) is 4.98 Å². The number of rotatable bonds is 5. The highest BCUT2D eigenvalue weighted by Gasteiger charge is 2.35. The molecule has 3 atom stereocenters. The van der Waals surface area contributed by atoms with Crippen LogP contribution >= 0.6 is 0 Å². The second-order valence-corrected chi connectivity index (χ2v) is 6.92. The lowest BCUT2D eigenvalue weighted by Crippen LogP contribution is -2.54. The molecule has 1 aromatic heterocycles. The number of aryl methyl sites for hydroxylation is 1. The maximum absolute atomic E-state index is 13.0. The average molecular weight is 347 g/mol. The molecule has 2 aliphatic rings. The number of carbonyl (C=O) groups is 3. The summed E-state index contributed by atoms with van der Waals surface area (Å²) in [6, 6.07) is -1.05. The van der Waals surface area contributed by atoms with E-state index >= 15 is 0 Å². The van der Waals surface area contributed by atoms with E-state index in [0.29, 0.717) is 25.8 Å². The Kier molecular flexibility index (Phi) is 5.06. The predicted octanol–water partition coefficient (Wildman–Crippen LogP) is 0.0349. The van der Waals surface area contributed by atoms with E-state index in [-0.39, 0.29) is 23.8 Å². The molecule has 1 aromatic rings. The van der Waals surface area contributed by atoms with E-state index in [0.717, 1.165) is 24.4 Å². The van der Waals surface area contributed by atoms with E-state index in [1.807, 2.05) is 18.7 Å². The van der Waals surface area contributed by atoms with E-state index < -0.39 is 12.1 Å². The van der Waals surface area contributed by atoms with Crippen molar-refractivity contribution in [2.75, 3.05) is 6.54 Å². The molecule has 2 saturated heterocycles. The lowest BCUT2D eigenvalue weighted by molar-refractivity contribution is -0.137. The van der Waals surface area contributed by atoms with Crippen LogP contribution in [-0.4, -0.2) is 57.3 Å². The third kappa shape index (κ3) is 4.00. The molecule has 8 nitrogen and oxygen atoms in total. The number of hydrogen-bond donors (Lipinski definition) is 3. The summed E-state index contributed by atoms with van der Waals surface area (Å²) in [5.41, 5.74) is 0.735. The number of likely N-dealkylation sites (tertiary alicyclic amines) is 1. The van der Waals surface area contributed by atoms with Crippen LogP contribution in [0.15, 0.2) is 6.20 Å². The summed E-state index contributed by atoms with van der Waals surface area (Å²) < 4.78 is 0. The predicted molar refractivity (Wildman–Crippen MR) is 90.5 cm³/mol. The molecule has 3 amide bonds. The third-order valence-electron chi connectivity index (χ3n) is 4.93. The van der Waals surface area contributed by atoms with Gasteiger partial charge < -0.3 is 20.5 Å². The summed E-state index contributed by atoms with van der Waals surface area (Å²) >= 11 is 0. The molecule has 0 spiro atoms. The Morgan fingerprint density at radius 1 is 1.44 bits per heavy atom. The minimum absolute atomic E-state index is 0.0803. The van der Waals surface area contributed by atoms with E-state index in [1.165, 1.54) is 0 Å². The number of nitrogens with zero attached hydrogens (tertiary/aromatic N) is 2. The van der Waals surface area contributed by atoms with Crippen LogP contribution in [0.3, 0.4) is 0 Å². The van der Waals surface area contributed by atoms with E-state index in [9.17, 15) is 14.4 Å². The van der Waals surface area contributed by atoms with Crippen molar-refractivity contribution >= 4 is 17.7 Å². The van der Waals surface area contributed by atoms with Crippen molar-refractivity contribution in [3.8, 4) is 0 Å². The van der Waals surface area contributed by atoms with Crippen LogP contribution in [0.2, 0.25) is 0 Å². The van der Waals surface area contributed by atoms with Crippen molar-refractivity contribution in [1.29, 1.82) is 0 Å². The van der Waals surface area contributed by atoms with Crippen LogP contribution < -0.4 is 10.6 Å². The van der Waals surface area contributed by atoms with Gasteiger partial charge in [0, 0.05) is 31.6 Å². The summed E-state index contributed by atoms with van der Waals surface area (Å²) in [5, 5.41) is 5.48. The number of imidazole rings is 1. The molecule has 0 saturated carbocycles. The number of aromatic amines is 1. The molecule has 3 unspecified atom stereocenters. The Morgan fingerprint density at radius 3 is 2.80 bits per heavy atom. The largest absolute Gasteiger partial charge is 0.349 e. The summed E-state index contributed by atoms with van der Waals surface area (Å²) in [7, 11) is 0. The van der Waals surface area contributed by atoms with Crippen LogP contribution in [0.4, 0.5) is 0 Å². The van der Waals surface area contributed by atoms with E-state index in [1.54, 1.807) is 6.20 Å². The molecule has 8 heteroatoms. The molecule has 3 N–H and O–H groups in total. The van der Waals surface area contributed by atoms with Crippen LogP contribution in [0.5, 0.6) is 0 Å². The van der Waals surface area contributed by atoms with E-state index in [4.69, 9.17) is 0 Å². The maximum atomic E-state index is 13.0. The topological polar surface area (TPSA) is 107 Å². The first kappa shape index (κ1) is 17.4. The number of H-pyrrole nitrogens is 1. The fraction of sp³-hybridized carbons (Fsp3) is 0.647. The van der Waals surface area contributed by atoms with Crippen LogP contribution in [0.25, 0.3) is 0 Å².